The number of carbonyl (C=O) groups is 4. The molecule has 6 atom stereocenters. The van der Waals surface area contributed by atoms with Crippen molar-refractivity contribution in [3.63, 3.8) is 0 Å². The molecular formula is C25H30N2O8. The molecule has 3 aliphatic carbocycles. The minimum Gasteiger partial charge on any atom is -0.507 e. The molecular weight excluding hydrogens is 456 g/mol. The Bertz CT molecular complexity index is 1200. The van der Waals surface area contributed by atoms with Gasteiger partial charge in [0.1, 0.15) is 23.2 Å². The van der Waals surface area contributed by atoms with E-state index in [9.17, 15) is 39.6 Å². The lowest BCUT2D eigenvalue weighted by Gasteiger charge is -2.53. The fourth-order valence-electron chi connectivity index (χ4n) is 6.33. The minimum atomic E-state index is -2.69. The molecule has 1 amide bonds. The van der Waals surface area contributed by atoms with Crippen molar-refractivity contribution in [1.82, 2.24) is 4.90 Å². The van der Waals surface area contributed by atoms with Gasteiger partial charge >= 0.3 is 0 Å². The van der Waals surface area contributed by atoms with Gasteiger partial charge in [-0.05, 0) is 57.8 Å². The van der Waals surface area contributed by atoms with Crippen LogP contribution in [-0.4, -0.2) is 80.4 Å². The lowest BCUT2D eigenvalue weighted by molar-refractivity contribution is -0.184. The van der Waals surface area contributed by atoms with Crippen molar-refractivity contribution in [2.24, 2.45) is 23.5 Å². The number of aryl methyl sites for hydroxylation is 1. The Balaban J connectivity index is 1.93. The fourth-order valence-corrected chi connectivity index (χ4v) is 6.33. The summed E-state index contributed by atoms with van der Waals surface area (Å²) in [6.07, 6.45) is -1.31. The number of nitrogens with zero attached hydrogens (tertiary/aromatic N) is 1. The second-order valence-electron chi connectivity index (χ2n) is 10.2. The van der Waals surface area contributed by atoms with E-state index in [1.807, 2.05) is 0 Å². The maximum atomic E-state index is 13.8. The zero-order valence-electron chi connectivity index (χ0n) is 20.0. The number of likely N-dealkylation sites (N-methyl/N-ethyl adjacent to an activating group) is 1. The van der Waals surface area contributed by atoms with Crippen molar-refractivity contribution in [1.29, 1.82) is 0 Å². The third-order valence-electron chi connectivity index (χ3n) is 7.83. The van der Waals surface area contributed by atoms with Crippen LogP contribution < -0.4 is 5.73 Å². The van der Waals surface area contributed by atoms with Crippen LogP contribution in [-0.2, 0) is 32.0 Å². The number of carbonyl (C=O) groups excluding carboxylic acids is 4. The van der Waals surface area contributed by atoms with E-state index >= 15 is 0 Å². The van der Waals surface area contributed by atoms with E-state index in [1.165, 1.54) is 6.92 Å². The number of Topliss-reactive ketones (excluding diaryl/α,β-unsaturated/α-hetero) is 3. The predicted molar refractivity (Wildman–Crippen MR) is 123 cm³/mol. The maximum absolute atomic E-state index is 13.8. The SMILES string of the molecule is CC(=O)Cc1cc(C)c2c(c1O)C(O)=C1C(=O)[C@]3(O)C(=O)C(C(N)=O)[C@H](O)[C@@H](N(C)C)C3CC1C2. The van der Waals surface area contributed by atoms with E-state index in [0.717, 1.165) is 0 Å². The third kappa shape index (κ3) is 3.42. The van der Waals surface area contributed by atoms with Crippen molar-refractivity contribution in [2.75, 3.05) is 14.1 Å². The largest absolute Gasteiger partial charge is 0.507 e. The first kappa shape index (κ1) is 25.0. The number of aliphatic hydroxyl groups is 3. The van der Waals surface area contributed by atoms with E-state index in [1.54, 1.807) is 32.0 Å². The van der Waals surface area contributed by atoms with E-state index in [0.29, 0.717) is 11.1 Å². The molecule has 2 saturated carbocycles. The Labute approximate surface area is 202 Å². The predicted octanol–water partition coefficient (Wildman–Crippen LogP) is -0.431. The maximum Gasteiger partial charge on any atom is 0.230 e. The van der Waals surface area contributed by atoms with Gasteiger partial charge in [0.2, 0.25) is 11.7 Å². The number of aliphatic hydroxyl groups excluding tert-OH is 2. The Morgan fingerprint density at radius 2 is 1.86 bits per heavy atom. The van der Waals surface area contributed by atoms with Crippen molar-refractivity contribution < 1.29 is 39.6 Å². The average Bonchev–Trinajstić information content (AvgIpc) is 2.73. The summed E-state index contributed by atoms with van der Waals surface area (Å²) in [5.74, 6) is -7.99. The van der Waals surface area contributed by atoms with Crippen LogP contribution in [0.3, 0.4) is 0 Å². The second kappa shape index (κ2) is 8.25. The van der Waals surface area contributed by atoms with Gasteiger partial charge in [0.15, 0.2) is 11.4 Å². The van der Waals surface area contributed by atoms with Crippen molar-refractivity contribution >= 4 is 29.0 Å². The number of fused-ring (bicyclic) bond motifs is 3. The highest BCUT2D eigenvalue weighted by Crippen LogP contribution is 2.52. The highest BCUT2D eigenvalue weighted by Gasteiger charge is 2.67. The molecule has 2 fully saturated rings. The van der Waals surface area contributed by atoms with E-state index < -0.39 is 58.7 Å². The molecule has 3 unspecified atom stereocenters. The van der Waals surface area contributed by atoms with Gasteiger partial charge in [-0.2, -0.15) is 0 Å². The molecule has 10 nitrogen and oxygen atoms in total. The Kier molecular flexibility index (Phi) is 5.90. The molecule has 0 aromatic heterocycles. The highest BCUT2D eigenvalue weighted by atomic mass is 16.3. The third-order valence-corrected chi connectivity index (χ3v) is 7.83. The quantitative estimate of drug-likeness (QED) is 0.353. The van der Waals surface area contributed by atoms with Crippen LogP contribution in [0.2, 0.25) is 0 Å². The summed E-state index contributed by atoms with van der Waals surface area (Å²) in [5, 5.41) is 44.6. The molecule has 1 aromatic rings. The topological polar surface area (TPSA) is 178 Å². The highest BCUT2D eigenvalue weighted by molar-refractivity contribution is 6.25. The first-order chi connectivity index (χ1) is 16.2. The molecule has 0 saturated heterocycles. The molecule has 1 aromatic carbocycles. The number of phenols is 1. The van der Waals surface area contributed by atoms with E-state index in [2.05, 4.69) is 0 Å². The molecule has 188 valence electrons. The summed E-state index contributed by atoms with van der Waals surface area (Å²) in [6, 6.07) is 0.736. The minimum absolute atomic E-state index is 0.00167. The number of ketones is 3. The number of phenolic OH excluding ortho intramolecular Hbond substituents is 1. The molecule has 35 heavy (non-hydrogen) atoms. The molecule has 10 heteroatoms. The number of hydrogen-bond acceptors (Lipinski definition) is 9. The number of aromatic hydroxyl groups is 1. The molecule has 0 spiro atoms. The lowest BCUT2D eigenvalue weighted by Crippen LogP contribution is -2.73. The van der Waals surface area contributed by atoms with Crippen molar-refractivity contribution in [2.45, 2.75) is 50.9 Å². The van der Waals surface area contributed by atoms with Gasteiger partial charge in [-0.3, -0.25) is 19.2 Å². The monoisotopic (exact) mass is 486 g/mol. The number of benzene rings is 1. The molecule has 0 aliphatic heterocycles. The average molecular weight is 487 g/mol. The van der Waals surface area contributed by atoms with Gasteiger partial charge in [0, 0.05) is 29.5 Å². The van der Waals surface area contributed by atoms with Crippen LogP contribution in [0.4, 0.5) is 0 Å². The first-order valence-electron chi connectivity index (χ1n) is 11.5. The summed E-state index contributed by atoms with van der Waals surface area (Å²) < 4.78 is 0. The van der Waals surface area contributed by atoms with E-state index in [4.69, 9.17) is 5.73 Å². The van der Waals surface area contributed by atoms with Crippen LogP contribution in [0.5, 0.6) is 5.75 Å². The van der Waals surface area contributed by atoms with Gasteiger partial charge in [-0.25, -0.2) is 0 Å². The van der Waals surface area contributed by atoms with Crippen LogP contribution in [0, 0.1) is 24.7 Å². The first-order valence-corrected chi connectivity index (χ1v) is 11.5. The molecule has 4 rings (SSSR count). The molecule has 0 radical (unpaired) electrons. The molecule has 0 bridgehead atoms. The Hall–Kier alpha value is -3.08. The number of nitrogens with two attached hydrogens (primary N) is 1. The van der Waals surface area contributed by atoms with Crippen LogP contribution in [0.25, 0.3) is 5.76 Å². The van der Waals surface area contributed by atoms with Gasteiger partial charge in [-0.15, -0.1) is 0 Å². The summed E-state index contributed by atoms with van der Waals surface area (Å²) in [4.78, 5) is 52.3. The number of hydrogen-bond donors (Lipinski definition) is 5. The normalized spacial score (nSPS) is 32.3. The van der Waals surface area contributed by atoms with Crippen molar-refractivity contribution in [3.8, 4) is 5.75 Å². The standard InChI is InChI=1S/C25H30N2O8/c1-9-5-12(6-10(2)28)19(29)16-13(9)7-11-8-14-18(27(3)4)21(31)17(24(26)34)23(33)25(14,35)22(32)15(11)20(16)30/h5,11,14,17-18,21,29-31,35H,6-8H2,1-4H3,(H2,26,34)/t11?,14?,17?,18-,21-,25-/m0/s1. The fraction of sp³-hybridized carbons (Fsp3) is 0.520. The van der Waals surface area contributed by atoms with E-state index in [-0.39, 0.29) is 47.5 Å². The Morgan fingerprint density at radius 1 is 1.23 bits per heavy atom. The summed E-state index contributed by atoms with van der Waals surface area (Å²) >= 11 is 0. The number of amides is 1. The molecule has 3 aliphatic rings. The van der Waals surface area contributed by atoms with Gasteiger partial charge in [-0.1, -0.05) is 6.07 Å². The van der Waals surface area contributed by atoms with Gasteiger partial charge < -0.3 is 31.1 Å². The Morgan fingerprint density at radius 3 is 2.40 bits per heavy atom. The smallest absolute Gasteiger partial charge is 0.230 e. The zero-order valence-corrected chi connectivity index (χ0v) is 20.0. The second-order valence-corrected chi connectivity index (χ2v) is 10.2. The summed E-state index contributed by atoms with van der Waals surface area (Å²) in [7, 11) is 3.20. The molecule has 6 N–H and O–H groups in total. The summed E-state index contributed by atoms with van der Waals surface area (Å²) in [5.41, 5.74) is 4.07. The van der Waals surface area contributed by atoms with Gasteiger partial charge in [0.05, 0.1) is 11.7 Å². The zero-order chi connectivity index (χ0) is 26.1. The van der Waals surface area contributed by atoms with Gasteiger partial charge in [0.25, 0.3) is 0 Å². The summed E-state index contributed by atoms with van der Waals surface area (Å²) in [6.45, 7) is 3.14. The van der Waals surface area contributed by atoms with Crippen LogP contribution >= 0.6 is 0 Å². The number of primary amides is 1. The van der Waals surface area contributed by atoms with Crippen molar-refractivity contribution in [3.05, 3.63) is 33.9 Å². The lowest BCUT2D eigenvalue weighted by atomic mass is 9.54. The molecule has 0 heterocycles. The number of rotatable bonds is 4. The van der Waals surface area contributed by atoms with Crippen LogP contribution in [0.15, 0.2) is 11.6 Å². The van der Waals surface area contributed by atoms with Crippen LogP contribution in [0.1, 0.15) is 35.6 Å².